The van der Waals surface area contributed by atoms with Crippen LogP contribution in [-0.2, 0) is 13.0 Å². The van der Waals surface area contributed by atoms with Crippen molar-refractivity contribution in [2.45, 2.75) is 19.0 Å². The summed E-state index contributed by atoms with van der Waals surface area (Å²) in [6.07, 6.45) is 0.976. The molecule has 1 unspecified atom stereocenters. The fraction of sp³-hybridized carbons (Fsp3) is 0.409. The molecule has 2 N–H and O–H groups in total. The number of rotatable bonds is 9. The van der Waals surface area contributed by atoms with Gasteiger partial charge in [-0.15, -0.1) is 0 Å². The van der Waals surface area contributed by atoms with Gasteiger partial charge in [0.1, 0.15) is 11.5 Å². The number of nitrogens with zero attached hydrogens (tertiary/aromatic N) is 2. The largest absolute Gasteiger partial charge is 0.497 e. The maximum absolute atomic E-state index is 5.46. The molecule has 0 amide bonds. The molecule has 0 radical (unpaired) electrons. The van der Waals surface area contributed by atoms with Crippen molar-refractivity contribution in [2.75, 3.05) is 41.9 Å². The van der Waals surface area contributed by atoms with Crippen LogP contribution < -0.4 is 20.1 Å². The van der Waals surface area contributed by atoms with Gasteiger partial charge in [0.2, 0.25) is 0 Å². The quantitative estimate of drug-likeness (QED) is 0.514. The van der Waals surface area contributed by atoms with E-state index in [4.69, 9.17) is 9.47 Å². The van der Waals surface area contributed by atoms with Crippen molar-refractivity contribution in [1.82, 2.24) is 15.5 Å². The third-order valence-electron chi connectivity index (χ3n) is 4.71. The lowest BCUT2D eigenvalue weighted by atomic mass is 10.1. The average molecular weight is 385 g/mol. The van der Waals surface area contributed by atoms with E-state index in [1.54, 1.807) is 21.3 Å². The fourth-order valence-corrected chi connectivity index (χ4v) is 2.94. The number of nitrogens with one attached hydrogen (secondary N) is 2. The van der Waals surface area contributed by atoms with Gasteiger partial charge >= 0.3 is 0 Å². The summed E-state index contributed by atoms with van der Waals surface area (Å²) in [6, 6.07) is 16.7. The van der Waals surface area contributed by atoms with Gasteiger partial charge in [0, 0.05) is 37.8 Å². The van der Waals surface area contributed by atoms with E-state index in [0.717, 1.165) is 36.0 Å². The van der Waals surface area contributed by atoms with Crippen molar-refractivity contribution >= 4 is 5.96 Å². The van der Waals surface area contributed by atoms with Gasteiger partial charge in [0.25, 0.3) is 0 Å². The lowest BCUT2D eigenvalue weighted by Crippen LogP contribution is -2.45. The van der Waals surface area contributed by atoms with E-state index in [2.05, 4.69) is 58.9 Å². The Kier molecular flexibility index (Phi) is 8.62. The van der Waals surface area contributed by atoms with Gasteiger partial charge in [-0.2, -0.15) is 0 Å². The van der Waals surface area contributed by atoms with E-state index >= 15 is 0 Å². The summed E-state index contributed by atoms with van der Waals surface area (Å²) >= 11 is 0. The van der Waals surface area contributed by atoms with Crippen LogP contribution in [0.25, 0.3) is 0 Å². The first-order chi connectivity index (χ1) is 13.6. The molecule has 6 nitrogen and oxygen atoms in total. The highest BCUT2D eigenvalue weighted by Gasteiger charge is 2.13. The average Bonchev–Trinajstić information content (AvgIpc) is 2.73. The molecule has 6 heteroatoms. The van der Waals surface area contributed by atoms with E-state index in [9.17, 15) is 0 Å². The summed E-state index contributed by atoms with van der Waals surface area (Å²) in [5.41, 5.74) is 2.37. The minimum absolute atomic E-state index is 0.358. The molecule has 0 bridgehead atoms. The maximum Gasteiger partial charge on any atom is 0.191 e. The topological polar surface area (TPSA) is 58.1 Å². The number of methoxy groups -OCH3 is 2. The van der Waals surface area contributed by atoms with Crippen LogP contribution in [0.3, 0.4) is 0 Å². The number of likely N-dealkylation sites (N-methyl/N-ethyl adjacent to an activating group) is 1. The first kappa shape index (κ1) is 21.6. The second-order valence-electron chi connectivity index (χ2n) is 6.79. The normalized spacial score (nSPS) is 12.6. The Morgan fingerprint density at radius 2 is 1.79 bits per heavy atom. The zero-order valence-electron chi connectivity index (χ0n) is 17.5. The first-order valence-electron chi connectivity index (χ1n) is 9.43. The number of aliphatic imine (C=N–C) groups is 1. The molecule has 0 spiro atoms. The molecule has 0 saturated carbocycles. The van der Waals surface area contributed by atoms with E-state index in [-0.39, 0.29) is 0 Å². The molecule has 2 aromatic rings. The van der Waals surface area contributed by atoms with Crippen molar-refractivity contribution in [3.05, 3.63) is 59.7 Å². The van der Waals surface area contributed by atoms with Gasteiger partial charge in [0.05, 0.1) is 14.2 Å². The highest BCUT2D eigenvalue weighted by atomic mass is 16.5. The van der Waals surface area contributed by atoms with Crippen LogP contribution in [0.1, 0.15) is 11.1 Å². The molecule has 0 aliphatic heterocycles. The first-order valence-corrected chi connectivity index (χ1v) is 9.43. The minimum Gasteiger partial charge on any atom is -0.497 e. The Labute approximate surface area is 168 Å². The second-order valence-corrected chi connectivity index (χ2v) is 6.79. The van der Waals surface area contributed by atoms with Crippen LogP contribution in [-0.4, -0.2) is 58.8 Å². The number of hydrogen-bond donors (Lipinski definition) is 2. The summed E-state index contributed by atoms with van der Waals surface area (Å²) in [5, 5.41) is 6.79. The Morgan fingerprint density at radius 3 is 2.39 bits per heavy atom. The molecule has 2 aromatic carbocycles. The molecule has 0 aliphatic carbocycles. The zero-order valence-corrected chi connectivity index (χ0v) is 17.5. The van der Waals surface area contributed by atoms with Crippen molar-refractivity contribution in [3.63, 3.8) is 0 Å². The van der Waals surface area contributed by atoms with Crippen LogP contribution in [0.15, 0.2) is 53.5 Å². The summed E-state index contributed by atoms with van der Waals surface area (Å²) in [5.74, 6) is 2.33. The van der Waals surface area contributed by atoms with Crippen LogP contribution >= 0.6 is 0 Å². The van der Waals surface area contributed by atoms with E-state index < -0.39 is 0 Å². The van der Waals surface area contributed by atoms with E-state index in [1.165, 1.54) is 5.56 Å². The molecule has 0 saturated heterocycles. The Balaban J connectivity index is 1.93. The van der Waals surface area contributed by atoms with Crippen molar-refractivity contribution in [1.29, 1.82) is 0 Å². The lowest BCUT2D eigenvalue weighted by Gasteiger charge is -2.26. The smallest absolute Gasteiger partial charge is 0.191 e. The summed E-state index contributed by atoms with van der Waals surface area (Å²) in [6.45, 7) is 1.40. The van der Waals surface area contributed by atoms with Gasteiger partial charge in [-0.25, -0.2) is 0 Å². The van der Waals surface area contributed by atoms with Crippen molar-refractivity contribution in [3.8, 4) is 11.5 Å². The predicted octanol–water partition coefficient (Wildman–Crippen LogP) is 2.54. The van der Waals surface area contributed by atoms with Crippen LogP contribution in [0.5, 0.6) is 11.5 Å². The third kappa shape index (κ3) is 6.46. The van der Waals surface area contributed by atoms with Crippen molar-refractivity contribution < 1.29 is 9.47 Å². The summed E-state index contributed by atoms with van der Waals surface area (Å²) in [4.78, 5) is 6.58. The highest BCUT2D eigenvalue weighted by molar-refractivity contribution is 5.79. The summed E-state index contributed by atoms with van der Waals surface area (Å²) in [7, 11) is 9.30. The monoisotopic (exact) mass is 384 g/mol. The van der Waals surface area contributed by atoms with Crippen LogP contribution in [0.4, 0.5) is 0 Å². The Morgan fingerprint density at radius 1 is 1.04 bits per heavy atom. The van der Waals surface area contributed by atoms with E-state index in [0.29, 0.717) is 12.6 Å². The minimum atomic E-state index is 0.358. The molecule has 0 heterocycles. The van der Waals surface area contributed by atoms with Gasteiger partial charge in [-0.3, -0.25) is 4.99 Å². The third-order valence-corrected chi connectivity index (χ3v) is 4.71. The Bertz CT molecular complexity index is 747. The fourth-order valence-electron chi connectivity index (χ4n) is 2.94. The van der Waals surface area contributed by atoms with Gasteiger partial charge < -0.3 is 25.0 Å². The standard InChI is InChI=1S/C22H32N4O2/c1-23-22(24-15-18-11-12-20(27-4)14-21(18)28-5)25-16-19(26(2)3)13-17-9-7-6-8-10-17/h6-12,14,19H,13,15-16H2,1-5H3,(H2,23,24,25). The predicted molar refractivity (Wildman–Crippen MR) is 115 cm³/mol. The van der Waals surface area contributed by atoms with Gasteiger partial charge in [-0.1, -0.05) is 30.3 Å². The molecule has 152 valence electrons. The van der Waals surface area contributed by atoms with Crippen molar-refractivity contribution in [2.24, 2.45) is 4.99 Å². The summed E-state index contributed by atoms with van der Waals surface area (Å²) < 4.78 is 10.7. The number of guanidine groups is 1. The molecule has 0 fully saturated rings. The molecule has 0 aliphatic rings. The Hall–Kier alpha value is -2.73. The maximum atomic E-state index is 5.46. The molecular weight excluding hydrogens is 352 g/mol. The highest BCUT2D eigenvalue weighted by Crippen LogP contribution is 2.24. The number of benzene rings is 2. The molecular formula is C22H32N4O2. The van der Waals surface area contributed by atoms with Gasteiger partial charge in [-0.05, 0) is 38.2 Å². The molecule has 0 aromatic heterocycles. The van der Waals surface area contributed by atoms with Crippen LogP contribution in [0, 0.1) is 0 Å². The second kappa shape index (κ2) is 11.2. The van der Waals surface area contributed by atoms with E-state index in [1.807, 2.05) is 24.3 Å². The molecule has 2 rings (SSSR count). The lowest BCUT2D eigenvalue weighted by molar-refractivity contribution is 0.290. The molecule has 28 heavy (non-hydrogen) atoms. The number of ether oxygens (including phenoxy) is 2. The van der Waals surface area contributed by atoms with Crippen LogP contribution in [0.2, 0.25) is 0 Å². The van der Waals surface area contributed by atoms with Gasteiger partial charge in [0.15, 0.2) is 5.96 Å². The number of hydrogen-bond acceptors (Lipinski definition) is 4. The molecule has 1 atom stereocenters. The SMILES string of the molecule is CN=C(NCc1ccc(OC)cc1OC)NCC(Cc1ccccc1)N(C)C. The zero-order chi connectivity index (χ0) is 20.4.